The van der Waals surface area contributed by atoms with Gasteiger partial charge in [-0.3, -0.25) is 4.90 Å². The van der Waals surface area contributed by atoms with Crippen LogP contribution in [0.4, 0.5) is 5.82 Å². The van der Waals surface area contributed by atoms with E-state index in [1.54, 1.807) is 6.33 Å². The minimum absolute atomic E-state index is 0.602. The summed E-state index contributed by atoms with van der Waals surface area (Å²) in [6, 6.07) is 2.80. The Hall–Kier alpha value is -1.24. The predicted octanol–water partition coefficient (Wildman–Crippen LogP) is 0.786. The molecule has 1 atom stereocenters. The van der Waals surface area contributed by atoms with Gasteiger partial charge in [-0.2, -0.15) is 0 Å². The topological polar surface area (TPSA) is 53.5 Å². The molecule has 2 fully saturated rings. The van der Waals surface area contributed by atoms with Crippen LogP contribution in [0.5, 0.6) is 0 Å². The number of hydrogen-bond acceptors (Lipinski definition) is 6. The fourth-order valence-corrected chi connectivity index (χ4v) is 3.57. The molecule has 6 nitrogen and oxygen atoms in total. The minimum Gasteiger partial charge on any atom is -0.381 e. The Balaban J connectivity index is 1.63. The van der Waals surface area contributed by atoms with Crippen LogP contribution in [0.2, 0.25) is 0 Å². The summed E-state index contributed by atoms with van der Waals surface area (Å²) in [6.45, 7) is 6.28. The normalized spacial score (nSPS) is 24.3. The molecular weight excluding hydrogens is 290 g/mol. The molecule has 1 aromatic rings. The molecule has 23 heavy (non-hydrogen) atoms. The Morgan fingerprint density at radius 3 is 2.91 bits per heavy atom. The monoisotopic (exact) mass is 319 g/mol. The molecular formula is C17H29N5O. The standard InChI is InChI=1S/C17H29N5O/c1-21(2)17-10-15(19-13-20-17)9-14-11-18-5-6-22(12-14)16-3-7-23-8-4-16/h10,13-14,16,18H,3-9,11-12H2,1-2H3/t14-/m1/s1. The maximum Gasteiger partial charge on any atom is 0.131 e. The van der Waals surface area contributed by atoms with Crippen molar-refractivity contribution in [1.29, 1.82) is 0 Å². The van der Waals surface area contributed by atoms with Gasteiger partial charge < -0.3 is 15.0 Å². The van der Waals surface area contributed by atoms with Crippen molar-refractivity contribution in [3.05, 3.63) is 18.1 Å². The van der Waals surface area contributed by atoms with Gasteiger partial charge in [0.1, 0.15) is 12.1 Å². The number of nitrogens with one attached hydrogen (secondary N) is 1. The zero-order valence-corrected chi connectivity index (χ0v) is 14.4. The lowest BCUT2D eigenvalue weighted by atomic mass is 10.00. The van der Waals surface area contributed by atoms with Gasteiger partial charge in [0.25, 0.3) is 0 Å². The Kier molecular flexibility index (Phi) is 5.80. The summed E-state index contributed by atoms with van der Waals surface area (Å²) >= 11 is 0. The Labute approximate surface area is 139 Å². The van der Waals surface area contributed by atoms with Gasteiger partial charge >= 0.3 is 0 Å². The summed E-state index contributed by atoms with van der Waals surface area (Å²) in [5, 5.41) is 3.60. The van der Waals surface area contributed by atoms with Crippen molar-refractivity contribution in [3.63, 3.8) is 0 Å². The van der Waals surface area contributed by atoms with Gasteiger partial charge in [-0.1, -0.05) is 0 Å². The van der Waals surface area contributed by atoms with Crippen molar-refractivity contribution in [2.75, 3.05) is 58.4 Å². The van der Waals surface area contributed by atoms with E-state index in [1.165, 1.54) is 12.8 Å². The van der Waals surface area contributed by atoms with E-state index in [0.717, 1.165) is 57.3 Å². The molecule has 1 aromatic heterocycles. The number of aromatic nitrogens is 2. The summed E-state index contributed by atoms with van der Waals surface area (Å²) < 4.78 is 5.52. The number of hydrogen-bond donors (Lipinski definition) is 1. The zero-order valence-electron chi connectivity index (χ0n) is 14.4. The van der Waals surface area contributed by atoms with Crippen molar-refractivity contribution >= 4 is 5.82 Å². The first-order valence-corrected chi connectivity index (χ1v) is 8.73. The number of rotatable bonds is 4. The van der Waals surface area contributed by atoms with Crippen molar-refractivity contribution in [3.8, 4) is 0 Å². The Morgan fingerprint density at radius 1 is 1.30 bits per heavy atom. The van der Waals surface area contributed by atoms with Crippen LogP contribution in [-0.4, -0.2) is 74.4 Å². The van der Waals surface area contributed by atoms with Crippen molar-refractivity contribution < 1.29 is 4.74 Å². The molecule has 0 amide bonds. The average molecular weight is 319 g/mol. The molecule has 6 heteroatoms. The fourth-order valence-electron chi connectivity index (χ4n) is 3.57. The van der Waals surface area contributed by atoms with Crippen LogP contribution in [0.15, 0.2) is 12.4 Å². The van der Waals surface area contributed by atoms with Crippen molar-refractivity contribution in [2.24, 2.45) is 5.92 Å². The molecule has 0 aromatic carbocycles. The highest BCUT2D eigenvalue weighted by Gasteiger charge is 2.26. The van der Waals surface area contributed by atoms with E-state index in [0.29, 0.717) is 12.0 Å². The van der Waals surface area contributed by atoms with E-state index in [4.69, 9.17) is 4.74 Å². The Morgan fingerprint density at radius 2 is 2.13 bits per heavy atom. The van der Waals surface area contributed by atoms with Crippen LogP contribution in [0.1, 0.15) is 18.5 Å². The third-order valence-electron chi connectivity index (χ3n) is 4.87. The maximum atomic E-state index is 5.52. The summed E-state index contributed by atoms with van der Waals surface area (Å²) in [5.74, 6) is 1.59. The molecule has 0 bridgehead atoms. The first-order valence-electron chi connectivity index (χ1n) is 8.73. The molecule has 2 saturated heterocycles. The smallest absolute Gasteiger partial charge is 0.131 e. The van der Waals surface area contributed by atoms with Crippen LogP contribution >= 0.6 is 0 Å². The molecule has 0 saturated carbocycles. The van der Waals surface area contributed by atoms with Crippen LogP contribution in [-0.2, 0) is 11.2 Å². The fraction of sp³-hybridized carbons (Fsp3) is 0.765. The van der Waals surface area contributed by atoms with E-state index < -0.39 is 0 Å². The Bertz CT molecular complexity index is 490. The number of nitrogens with zero attached hydrogens (tertiary/aromatic N) is 4. The first-order chi connectivity index (χ1) is 11.2. The molecule has 0 aliphatic carbocycles. The van der Waals surface area contributed by atoms with Crippen LogP contribution in [0.25, 0.3) is 0 Å². The van der Waals surface area contributed by atoms with Gasteiger partial charge in [0.15, 0.2) is 0 Å². The third kappa shape index (κ3) is 4.62. The SMILES string of the molecule is CN(C)c1cc(C[C@@H]2CNCCN(C3CCOCC3)C2)ncn1. The maximum absolute atomic E-state index is 5.52. The van der Waals surface area contributed by atoms with Gasteiger partial charge in [-0.05, 0) is 31.7 Å². The summed E-state index contributed by atoms with van der Waals surface area (Å²) in [7, 11) is 4.04. The van der Waals surface area contributed by atoms with Gasteiger partial charge in [0, 0.05) is 64.7 Å². The van der Waals surface area contributed by atoms with E-state index >= 15 is 0 Å². The molecule has 1 N–H and O–H groups in total. The second kappa shape index (κ2) is 8.04. The van der Waals surface area contributed by atoms with Gasteiger partial charge in [0.2, 0.25) is 0 Å². The minimum atomic E-state index is 0.602. The second-order valence-corrected chi connectivity index (χ2v) is 6.87. The zero-order chi connectivity index (χ0) is 16.1. The lowest BCUT2D eigenvalue weighted by molar-refractivity contribution is 0.0323. The van der Waals surface area contributed by atoms with Crippen LogP contribution in [0, 0.1) is 5.92 Å². The van der Waals surface area contributed by atoms with Gasteiger partial charge in [0.05, 0.1) is 0 Å². The highest BCUT2D eigenvalue weighted by molar-refractivity contribution is 5.36. The number of ether oxygens (including phenoxy) is 1. The molecule has 2 aliphatic rings. The molecule has 0 unspecified atom stereocenters. The van der Waals surface area contributed by atoms with Gasteiger partial charge in [-0.15, -0.1) is 0 Å². The van der Waals surface area contributed by atoms with Crippen LogP contribution in [0.3, 0.4) is 0 Å². The van der Waals surface area contributed by atoms with Crippen molar-refractivity contribution in [1.82, 2.24) is 20.2 Å². The quantitative estimate of drug-likeness (QED) is 0.885. The lowest BCUT2D eigenvalue weighted by Crippen LogP contribution is -2.42. The van der Waals surface area contributed by atoms with Crippen molar-refractivity contribution in [2.45, 2.75) is 25.3 Å². The highest BCUT2D eigenvalue weighted by atomic mass is 16.5. The van der Waals surface area contributed by atoms with E-state index in [2.05, 4.69) is 26.3 Å². The largest absolute Gasteiger partial charge is 0.381 e. The van der Waals surface area contributed by atoms with E-state index in [9.17, 15) is 0 Å². The predicted molar refractivity (Wildman–Crippen MR) is 91.8 cm³/mol. The summed E-state index contributed by atoms with van der Waals surface area (Å²) in [5.41, 5.74) is 1.14. The molecule has 3 heterocycles. The molecule has 0 spiro atoms. The molecule has 0 radical (unpaired) electrons. The summed E-state index contributed by atoms with van der Waals surface area (Å²) in [6.07, 6.45) is 5.04. The van der Waals surface area contributed by atoms with E-state index in [-0.39, 0.29) is 0 Å². The summed E-state index contributed by atoms with van der Waals surface area (Å²) in [4.78, 5) is 13.5. The van der Waals surface area contributed by atoms with Crippen LogP contribution < -0.4 is 10.2 Å². The van der Waals surface area contributed by atoms with E-state index in [1.807, 2.05) is 19.0 Å². The molecule has 3 rings (SSSR count). The van der Waals surface area contributed by atoms with Gasteiger partial charge in [-0.25, -0.2) is 9.97 Å². The molecule has 128 valence electrons. The average Bonchev–Trinajstić information content (AvgIpc) is 2.81. The third-order valence-corrected chi connectivity index (χ3v) is 4.87. The first kappa shape index (κ1) is 16.6. The lowest BCUT2D eigenvalue weighted by Gasteiger charge is -2.34. The highest BCUT2D eigenvalue weighted by Crippen LogP contribution is 2.19. The second-order valence-electron chi connectivity index (χ2n) is 6.87. The number of anilines is 1. The molecule has 2 aliphatic heterocycles.